The number of carbonyl (C=O) groups is 4. The minimum absolute atomic E-state index is 0.0767. The van der Waals surface area contributed by atoms with Crippen molar-refractivity contribution in [3.8, 4) is 0 Å². The molecule has 0 aliphatic carbocycles. The lowest BCUT2D eigenvalue weighted by Gasteiger charge is -2.21. The van der Waals surface area contributed by atoms with Gasteiger partial charge in [-0.1, -0.05) is 293 Å². The second-order valence-corrected chi connectivity index (χ2v) is 29.6. The highest BCUT2D eigenvalue weighted by molar-refractivity contribution is 7.47. The van der Waals surface area contributed by atoms with Crippen LogP contribution in [0.2, 0.25) is 0 Å². The van der Waals surface area contributed by atoms with Crippen molar-refractivity contribution in [3.63, 3.8) is 0 Å². The topological polar surface area (TPSA) is 237 Å². The van der Waals surface area contributed by atoms with E-state index in [0.717, 1.165) is 128 Å². The number of rotatable bonds is 75. The summed E-state index contributed by atoms with van der Waals surface area (Å²) < 4.78 is 68.5. The molecule has 0 radical (unpaired) electrons. The van der Waals surface area contributed by atoms with E-state index < -0.39 is 97.5 Å². The first-order valence-electron chi connectivity index (χ1n) is 39.8. The molecule has 0 saturated carbocycles. The van der Waals surface area contributed by atoms with Gasteiger partial charge in [0.05, 0.1) is 26.4 Å². The summed E-state index contributed by atoms with van der Waals surface area (Å²) in [4.78, 5) is 72.9. The van der Waals surface area contributed by atoms with Crippen molar-refractivity contribution in [3.05, 3.63) is 85.1 Å². The van der Waals surface area contributed by atoms with Crippen molar-refractivity contribution in [2.45, 2.75) is 367 Å². The molecule has 0 aromatic carbocycles. The molecular formula is C81H144O17P2. The number of esters is 4. The maximum absolute atomic E-state index is 13.1. The second kappa shape index (κ2) is 73.5. The highest BCUT2D eigenvalue weighted by Crippen LogP contribution is 2.45. The van der Waals surface area contributed by atoms with Gasteiger partial charge in [0.2, 0.25) is 0 Å². The van der Waals surface area contributed by atoms with Crippen LogP contribution in [-0.4, -0.2) is 96.7 Å². The van der Waals surface area contributed by atoms with Gasteiger partial charge in [-0.3, -0.25) is 37.3 Å². The molecule has 0 bridgehead atoms. The third kappa shape index (κ3) is 72.6. The maximum atomic E-state index is 13.1. The van der Waals surface area contributed by atoms with Crippen LogP contribution in [0, 0.1) is 0 Å². The number of carbonyl (C=O) groups excluding carboxylic acids is 4. The average Bonchev–Trinajstić information content (AvgIpc) is 0.965. The lowest BCUT2D eigenvalue weighted by atomic mass is 10.0. The smallest absolute Gasteiger partial charge is 0.462 e. The molecule has 0 aromatic rings. The fourth-order valence-corrected chi connectivity index (χ4v) is 12.3. The molecule has 0 aliphatic heterocycles. The van der Waals surface area contributed by atoms with Crippen molar-refractivity contribution in [2.24, 2.45) is 0 Å². The molecular weight excluding hydrogens is 1310 g/mol. The van der Waals surface area contributed by atoms with E-state index in [9.17, 15) is 43.2 Å². The summed E-state index contributed by atoms with van der Waals surface area (Å²) in [5.41, 5.74) is 0. The molecule has 580 valence electrons. The summed E-state index contributed by atoms with van der Waals surface area (Å²) >= 11 is 0. The normalized spacial score (nSPS) is 14.3. The zero-order chi connectivity index (χ0) is 73.2. The van der Waals surface area contributed by atoms with Gasteiger partial charge in [0.25, 0.3) is 0 Å². The van der Waals surface area contributed by atoms with Crippen molar-refractivity contribution in [1.29, 1.82) is 0 Å². The number of aliphatic hydroxyl groups excluding tert-OH is 1. The van der Waals surface area contributed by atoms with E-state index in [-0.39, 0.29) is 25.7 Å². The Labute approximate surface area is 608 Å². The molecule has 5 atom stereocenters. The molecule has 19 heteroatoms. The van der Waals surface area contributed by atoms with E-state index >= 15 is 0 Å². The first kappa shape index (κ1) is 96.2. The SMILES string of the molecule is CCCCC/C=C\C/C=C\C/C=C\C/C=C\CCCC(=O)OC[C@H](COP(=O)(O)OC[C@H](O)COP(=O)(O)OC[C@@H](COC(=O)CCCCCCC/C=C\CCCCCCCC)OC(=O)CCCCCCC/C=C\C=C/CCCCCC)OC(=O)CCCCCCCCCCCCCCC. The Balaban J connectivity index is 5.39. The van der Waals surface area contributed by atoms with Crippen LogP contribution >= 0.6 is 15.6 Å². The van der Waals surface area contributed by atoms with E-state index in [1.165, 1.54) is 135 Å². The summed E-state index contributed by atoms with van der Waals surface area (Å²) in [6, 6.07) is 0. The van der Waals surface area contributed by atoms with Gasteiger partial charge in [-0.15, -0.1) is 0 Å². The van der Waals surface area contributed by atoms with E-state index in [2.05, 4.69) is 101 Å². The monoisotopic (exact) mass is 1450 g/mol. The Morgan fingerprint density at radius 2 is 0.530 bits per heavy atom. The highest BCUT2D eigenvalue weighted by atomic mass is 31.2. The van der Waals surface area contributed by atoms with E-state index in [1.54, 1.807) is 0 Å². The van der Waals surface area contributed by atoms with Crippen LogP contribution in [-0.2, 0) is 65.4 Å². The van der Waals surface area contributed by atoms with Gasteiger partial charge in [-0.25, -0.2) is 9.13 Å². The standard InChI is InChI=1S/C81H144O17P2/c1-5-9-13-17-21-25-29-33-36-37-40-43-46-50-54-58-62-66-79(84)92-71-76(97-80(85)67-63-59-55-51-47-41-32-28-24-20-16-12-8-4)73-95-99(87,88)93-69-75(82)70-94-100(89,90)96-74-77(98-81(86)68-64-60-56-52-48-44-39-35-31-27-23-19-15-11-7-3)72-91-78(83)65-61-57-53-49-45-42-38-34-30-26-22-18-14-10-6-2/h21,25,27,31,33-36,38-40,43,50,54,75-77,82H,5-20,22-24,26,28-30,32,37,41-42,44-49,51-53,55-74H2,1-4H3,(H,87,88)(H,89,90)/b25-21-,31-27-,36-33-,38-34-,39-35-,43-40-,54-50-/t75-,76+,77+/m0/s1. The van der Waals surface area contributed by atoms with Gasteiger partial charge < -0.3 is 33.8 Å². The summed E-state index contributed by atoms with van der Waals surface area (Å²) in [7, 11) is -9.96. The van der Waals surface area contributed by atoms with E-state index in [1.807, 2.05) is 12.2 Å². The van der Waals surface area contributed by atoms with Crippen molar-refractivity contribution >= 4 is 39.5 Å². The fraction of sp³-hybridized carbons (Fsp3) is 0.778. The quantitative estimate of drug-likeness (QED) is 0.0128. The zero-order valence-electron chi connectivity index (χ0n) is 63.4. The summed E-state index contributed by atoms with van der Waals surface area (Å²) in [6.07, 6.45) is 75.7. The maximum Gasteiger partial charge on any atom is 0.472 e. The number of phosphoric ester groups is 2. The van der Waals surface area contributed by atoms with Crippen molar-refractivity contribution < 1.29 is 80.2 Å². The van der Waals surface area contributed by atoms with Crippen LogP contribution in [0.3, 0.4) is 0 Å². The van der Waals surface area contributed by atoms with Crippen LogP contribution in [0.25, 0.3) is 0 Å². The van der Waals surface area contributed by atoms with Crippen LogP contribution in [0.5, 0.6) is 0 Å². The third-order valence-corrected chi connectivity index (χ3v) is 18.8. The van der Waals surface area contributed by atoms with Crippen LogP contribution in [0.1, 0.15) is 349 Å². The Hall–Kier alpha value is -3.76. The summed E-state index contributed by atoms with van der Waals surface area (Å²) in [5.74, 6) is -2.24. The molecule has 0 saturated heterocycles. The zero-order valence-corrected chi connectivity index (χ0v) is 65.2. The number of phosphoric acid groups is 2. The molecule has 0 aliphatic rings. The Morgan fingerprint density at radius 1 is 0.290 bits per heavy atom. The number of aliphatic hydroxyl groups is 1. The number of unbranched alkanes of at least 4 members (excludes halogenated alkanes) is 36. The number of hydrogen-bond donors (Lipinski definition) is 3. The predicted molar refractivity (Wildman–Crippen MR) is 409 cm³/mol. The first-order chi connectivity index (χ1) is 48.7. The van der Waals surface area contributed by atoms with Crippen LogP contribution in [0.15, 0.2) is 85.1 Å². The molecule has 2 unspecified atom stereocenters. The van der Waals surface area contributed by atoms with Gasteiger partial charge in [-0.2, -0.15) is 0 Å². The largest absolute Gasteiger partial charge is 0.472 e. The average molecular weight is 1450 g/mol. The summed E-state index contributed by atoms with van der Waals surface area (Å²) in [5, 5.41) is 10.6. The molecule has 17 nitrogen and oxygen atoms in total. The molecule has 0 heterocycles. The fourth-order valence-electron chi connectivity index (χ4n) is 10.7. The van der Waals surface area contributed by atoms with E-state index in [4.69, 9.17) is 37.0 Å². The summed E-state index contributed by atoms with van der Waals surface area (Å²) in [6.45, 7) is 4.78. The number of hydrogen-bond acceptors (Lipinski definition) is 15. The molecule has 100 heavy (non-hydrogen) atoms. The van der Waals surface area contributed by atoms with Gasteiger partial charge in [0, 0.05) is 25.7 Å². The molecule has 0 aromatic heterocycles. The van der Waals surface area contributed by atoms with Gasteiger partial charge in [0.15, 0.2) is 12.2 Å². The molecule has 0 rings (SSSR count). The third-order valence-electron chi connectivity index (χ3n) is 16.9. The van der Waals surface area contributed by atoms with Crippen molar-refractivity contribution in [1.82, 2.24) is 0 Å². The number of allylic oxidation sites excluding steroid dienone is 14. The minimum Gasteiger partial charge on any atom is -0.462 e. The van der Waals surface area contributed by atoms with Crippen molar-refractivity contribution in [2.75, 3.05) is 39.6 Å². The minimum atomic E-state index is -4.98. The lowest BCUT2D eigenvalue weighted by molar-refractivity contribution is -0.161. The molecule has 0 amide bonds. The predicted octanol–water partition coefficient (Wildman–Crippen LogP) is 23.0. The Kier molecular flexibility index (Phi) is 70.8. The van der Waals surface area contributed by atoms with E-state index in [0.29, 0.717) is 32.1 Å². The molecule has 3 N–H and O–H groups in total. The van der Waals surface area contributed by atoms with Gasteiger partial charge in [0.1, 0.15) is 19.3 Å². The van der Waals surface area contributed by atoms with Crippen LogP contribution in [0.4, 0.5) is 0 Å². The Bertz CT molecular complexity index is 2230. The molecule has 0 spiro atoms. The van der Waals surface area contributed by atoms with Gasteiger partial charge >= 0.3 is 39.5 Å². The highest BCUT2D eigenvalue weighted by Gasteiger charge is 2.30. The van der Waals surface area contributed by atoms with Gasteiger partial charge in [-0.05, 0) is 116 Å². The Morgan fingerprint density at radius 3 is 0.890 bits per heavy atom. The second-order valence-electron chi connectivity index (χ2n) is 26.7. The number of ether oxygens (including phenoxy) is 4. The first-order valence-corrected chi connectivity index (χ1v) is 42.8. The van der Waals surface area contributed by atoms with Crippen LogP contribution < -0.4 is 0 Å². The lowest BCUT2D eigenvalue weighted by Crippen LogP contribution is -2.30. The molecule has 0 fully saturated rings.